The van der Waals surface area contributed by atoms with Gasteiger partial charge in [0.1, 0.15) is 6.04 Å². The van der Waals surface area contributed by atoms with E-state index in [4.69, 9.17) is 0 Å². The molecule has 98 valence electrons. The van der Waals surface area contributed by atoms with Gasteiger partial charge in [0.25, 0.3) is 0 Å². The highest BCUT2D eigenvalue weighted by Crippen LogP contribution is 2.27. The first-order valence-corrected chi connectivity index (χ1v) is 6.12. The summed E-state index contributed by atoms with van der Waals surface area (Å²) in [5.41, 5.74) is 0. The van der Waals surface area contributed by atoms with E-state index in [0.29, 0.717) is 0 Å². The molecule has 1 amide bonds. The Balaban J connectivity index is 2.26. The summed E-state index contributed by atoms with van der Waals surface area (Å²) in [4.78, 5) is 23.0. The van der Waals surface area contributed by atoms with Gasteiger partial charge in [-0.25, -0.2) is 4.79 Å². The van der Waals surface area contributed by atoms with E-state index in [2.05, 4.69) is 15.4 Å². The highest BCUT2D eigenvalue weighted by atomic mass is 16.5. The second kappa shape index (κ2) is 6.59. The van der Waals surface area contributed by atoms with Gasteiger partial charge >= 0.3 is 5.97 Å². The van der Waals surface area contributed by atoms with Crippen molar-refractivity contribution in [1.82, 2.24) is 10.6 Å². The lowest BCUT2D eigenvalue weighted by Gasteiger charge is -2.19. The Morgan fingerprint density at radius 1 is 1.35 bits per heavy atom. The molecule has 0 aliphatic heterocycles. The van der Waals surface area contributed by atoms with Crippen molar-refractivity contribution >= 4 is 11.9 Å². The van der Waals surface area contributed by atoms with Gasteiger partial charge in [-0.1, -0.05) is 13.8 Å². The number of carbonyl (C=O) groups is 2. The maximum absolute atomic E-state index is 11.6. The fourth-order valence-electron chi connectivity index (χ4n) is 1.56. The predicted octanol–water partition coefficient (Wildman–Crippen LogP) is 0.300. The number of carbonyl (C=O) groups excluding carboxylic acids is 2. The maximum Gasteiger partial charge on any atom is 0.328 e. The lowest BCUT2D eigenvalue weighted by Crippen LogP contribution is -2.48. The average Bonchev–Trinajstić information content (AvgIpc) is 3.08. The first kappa shape index (κ1) is 14.0. The second-order valence-corrected chi connectivity index (χ2v) is 4.89. The van der Waals surface area contributed by atoms with Gasteiger partial charge in [0.15, 0.2) is 0 Å². The van der Waals surface area contributed by atoms with Crippen molar-refractivity contribution < 1.29 is 14.3 Å². The number of ether oxygens (including phenoxy) is 1. The predicted molar refractivity (Wildman–Crippen MR) is 64.4 cm³/mol. The molecule has 1 atom stereocenters. The Labute approximate surface area is 102 Å². The smallest absolute Gasteiger partial charge is 0.328 e. The monoisotopic (exact) mass is 242 g/mol. The van der Waals surface area contributed by atoms with Gasteiger partial charge in [0, 0.05) is 0 Å². The second-order valence-electron chi connectivity index (χ2n) is 4.89. The largest absolute Gasteiger partial charge is 0.467 e. The molecule has 5 heteroatoms. The number of rotatable bonds is 7. The Bertz CT molecular complexity index is 275. The van der Waals surface area contributed by atoms with Crippen LogP contribution < -0.4 is 10.6 Å². The molecule has 17 heavy (non-hydrogen) atoms. The van der Waals surface area contributed by atoms with Crippen LogP contribution in [0, 0.1) is 11.8 Å². The van der Waals surface area contributed by atoms with E-state index < -0.39 is 12.0 Å². The summed E-state index contributed by atoms with van der Waals surface area (Å²) in [5, 5.41) is 5.77. The molecule has 0 saturated heterocycles. The Kier molecular flexibility index (Phi) is 5.41. The van der Waals surface area contributed by atoms with Crippen LogP contribution in [0.2, 0.25) is 0 Å². The first-order chi connectivity index (χ1) is 8.04. The minimum absolute atomic E-state index is 0.0230. The SMILES string of the molecule is COC(=O)[C@H](NC(=O)CNCC1CC1)C(C)C. The summed E-state index contributed by atoms with van der Waals surface area (Å²) in [6.07, 6.45) is 2.51. The highest BCUT2D eigenvalue weighted by Gasteiger charge is 2.25. The van der Waals surface area contributed by atoms with Crippen LogP contribution in [-0.2, 0) is 14.3 Å². The van der Waals surface area contributed by atoms with Crippen LogP contribution in [0.5, 0.6) is 0 Å². The molecule has 1 aliphatic rings. The molecule has 2 N–H and O–H groups in total. The third-order valence-corrected chi connectivity index (χ3v) is 2.85. The zero-order valence-corrected chi connectivity index (χ0v) is 10.8. The van der Waals surface area contributed by atoms with Crippen LogP contribution in [0.3, 0.4) is 0 Å². The highest BCUT2D eigenvalue weighted by molar-refractivity contribution is 5.85. The molecule has 0 aromatic carbocycles. The van der Waals surface area contributed by atoms with Gasteiger partial charge in [-0.3, -0.25) is 4.79 Å². The number of hydrogen-bond donors (Lipinski definition) is 2. The standard InChI is InChI=1S/C12H22N2O3/c1-8(2)11(12(16)17-3)14-10(15)7-13-6-9-4-5-9/h8-9,11,13H,4-7H2,1-3H3,(H,14,15)/t11-/m1/s1. The summed E-state index contributed by atoms with van der Waals surface area (Å²) >= 11 is 0. The summed E-state index contributed by atoms with van der Waals surface area (Å²) in [5.74, 6) is 0.212. The molecule has 0 bridgehead atoms. The summed E-state index contributed by atoms with van der Waals surface area (Å²) in [7, 11) is 1.33. The van der Waals surface area contributed by atoms with Crippen molar-refractivity contribution in [3.8, 4) is 0 Å². The molecule has 0 aromatic rings. The normalized spacial score (nSPS) is 16.7. The van der Waals surface area contributed by atoms with Gasteiger partial charge < -0.3 is 15.4 Å². The third kappa shape index (κ3) is 5.17. The number of nitrogens with one attached hydrogen (secondary N) is 2. The average molecular weight is 242 g/mol. The molecule has 5 nitrogen and oxygen atoms in total. The minimum atomic E-state index is -0.560. The van der Waals surface area contributed by atoms with Gasteiger partial charge in [0.05, 0.1) is 13.7 Å². The molecule has 1 rings (SSSR count). The van der Waals surface area contributed by atoms with Gasteiger partial charge in [-0.2, -0.15) is 0 Å². The van der Waals surface area contributed by atoms with Gasteiger partial charge in [-0.05, 0) is 31.2 Å². The number of esters is 1. The van der Waals surface area contributed by atoms with E-state index in [-0.39, 0.29) is 18.4 Å². The lowest BCUT2D eigenvalue weighted by atomic mass is 10.0. The van der Waals surface area contributed by atoms with E-state index in [1.165, 1.54) is 20.0 Å². The van der Waals surface area contributed by atoms with Crippen molar-refractivity contribution in [3.05, 3.63) is 0 Å². The van der Waals surface area contributed by atoms with E-state index >= 15 is 0 Å². The van der Waals surface area contributed by atoms with E-state index in [9.17, 15) is 9.59 Å². The zero-order valence-electron chi connectivity index (χ0n) is 10.8. The molecule has 1 fully saturated rings. The summed E-state index contributed by atoms with van der Waals surface area (Å²) in [6.45, 7) is 4.90. The molecule has 1 aliphatic carbocycles. The third-order valence-electron chi connectivity index (χ3n) is 2.85. The van der Waals surface area contributed by atoms with Gasteiger partial charge in [0.2, 0.25) is 5.91 Å². The van der Waals surface area contributed by atoms with Crippen LogP contribution >= 0.6 is 0 Å². The quantitative estimate of drug-likeness (QED) is 0.630. The molecule has 0 heterocycles. The molecule has 0 spiro atoms. The first-order valence-electron chi connectivity index (χ1n) is 6.12. The van der Waals surface area contributed by atoms with Crippen molar-refractivity contribution in [2.45, 2.75) is 32.7 Å². The lowest BCUT2D eigenvalue weighted by molar-refractivity contribution is -0.146. The molecule has 0 radical (unpaired) electrons. The van der Waals surface area contributed by atoms with E-state index in [1.807, 2.05) is 13.8 Å². The Hall–Kier alpha value is -1.10. The van der Waals surface area contributed by atoms with Crippen molar-refractivity contribution in [3.63, 3.8) is 0 Å². The summed E-state index contributed by atoms with van der Waals surface area (Å²) < 4.78 is 4.65. The summed E-state index contributed by atoms with van der Waals surface area (Å²) in [6, 6.07) is -0.560. The van der Waals surface area contributed by atoms with Crippen LogP contribution in [0.1, 0.15) is 26.7 Å². The molecule has 1 saturated carbocycles. The topological polar surface area (TPSA) is 67.4 Å². The zero-order chi connectivity index (χ0) is 12.8. The van der Waals surface area contributed by atoms with Crippen LogP contribution in [0.4, 0.5) is 0 Å². The van der Waals surface area contributed by atoms with Gasteiger partial charge in [-0.15, -0.1) is 0 Å². The fraction of sp³-hybridized carbons (Fsp3) is 0.833. The molecular weight excluding hydrogens is 220 g/mol. The van der Waals surface area contributed by atoms with E-state index in [0.717, 1.165) is 12.5 Å². The number of hydrogen-bond acceptors (Lipinski definition) is 4. The Morgan fingerprint density at radius 2 is 2.00 bits per heavy atom. The molecule has 0 unspecified atom stereocenters. The van der Waals surface area contributed by atoms with Crippen molar-refractivity contribution in [2.24, 2.45) is 11.8 Å². The maximum atomic E-state index is 11.6. The number of methoxy groups -OCH3 is 1. The Morgan fingerprint density at radius 3 is 2.47 bits per heavy atom. The van der Waals surface area contributed by atoms with Crippen LogP contribution in [-0.4, -0.2) is 38.1 Å². The molecular formula is C12H22N2O3. The molecule has 0 aromatic heterocycles. The van der Waals surface area contributed by atoms with Crippen LogP contribution in [0.15, 0.2) is 0 Å². The number of amides is 1. The van der Waals surface area contributed by atoms with Crippen molar-refractivity contribution in [2.75, 3.05) is 20.2 Å². The van der Waals surface area contributed by atoms with Crippen molar-refractivity contribution in [1.29, 1.82) is 0 Å². The minimum Gasteiger partial charge on any atom is -0.467 e. The van der Waals surface area contributed by atoms with E-state index in [1.54, 1.807) is 0 Å². The fourth-order valence-corrected chi connectivity index (χ4v) is 1.56. The van der Waals surface area contributed by atoms with Crippen LogP contribution in [0.25, 0.3) is 0 Å².